The number of carbonyl (C=O) groups is 1. The molecule has 1 aromatic heterocycles. The standard InChI is InChI=1S/C23H28N4O3/c1-3-30-22-9-5-19(6-10-22)17-27(15-4-14-26-16-13-24-18-26)23(28)25-20-7-11-21(29-2)12-8-20/h5-13,16,18H,3-4,14-15,17H2,1-2H3,(H,25,28). The number of aromatic nitrogens is 2. The molecule has 0 saturated heterocycles. The third kappa shape index (κ3) is 6.27. The second-order valence-corrected chi connectivity index (χ2v) is 6.81. The summed E-state index contributed by atoms with van der Waals surface area (Å²) in [6.45, 7) is 4.52. The number of anilines is 1. The van der Waals surface area contributed by atoms with Crippen LogP contribution in [0.2, 0.25) is 0 Å². The zero-order chi connectivity index (χ0) is 21.2. The van der Waals surface area contributed by atoms with Gasteiger partial charge in [0.1, 0.15) is 11.5 Å². The maximum absolute atomic E-state index is 13.0. The van der Waals surface area contributed by atoms with E-state index < -0.39 is 0 Å². The van der Waals surface area contributed by atoms with Crippen molar-refractivity contribution >= 4 is 11.7 Å². The Labute approximate surface area is 177 Å². The molecule has 0 fully saturated rings. The SMILES string of the molecule is CCOc1ccc(CN(CCCn2ccnc2)C(=O)Nc2ccc(OC)cc2)cc1. The van der Waals surface area contributed by atoms with Crippen LogP contribution in [0.1, 0.15) is 18.9 Å². The molecular weight excluding hydrogens is 380 g/mol. The number of hydrogen-bond acceptors (Lipinski definition) is 4. The van der Waals surface area contributed by atoms with Crippen molar-refractivity contribution in [3.8, 4) is 11.5 Å². The molecule has 0 radical (unpaired) electrons. The molecular formula is C23H28N4O3. The van der Waals surface area contributed by atoms with Gasteiger partial charge in [0.25, 0.3) is 0 Å². The molecule has 7 heteroatoms. The van der Waals surface area contributed by atoms with Crippen LogP contribution < -0.4 is 14.8 Å². The van der Waals surface area contributed by atoms with Crippen LogP contribution in [-0.4, -0.2) is 40.7 Å². The second kappa shape index (κ2) is 10.9. The van der Waals surface area contributed by atoms with Crippen LogP contribution >= 0.6 is 0 Å². The lowest BCUT2D eigenvalue weighted by atomic mass is 10.2. The summed E-state index contributed by atoms with van der Waals surface area (Å²) in [5.41, 5.74) is 1.78. The van der Waals surface area contributed by atoms with Gasteiger partial charge >= 0.3 is 6.03 Å². The molecule has 1 heterocycles. The Morgan fingerprint density at radius 2 is 1.83 bits per heavy atom. The highest BCUT2D eigenvalue weighted by Gasteiger charge is 2.14. The first-order valence-electron chi connectivity index (χ1n) is 10.1. The number of urea groups is 1. The van der Waals surface area contributed by atoms with Gasteiger partial charge in [0, 0.05) is 37.7 Å². The number of imidazole rings is 1. The highest BCUT2D eigenvalue weighted by Crippen LogP contribution is 2.17. The Kier molecular flexibility index (Phi) is 7.71. The van der Waals surface area contributed by atoms with E-state index in [2.05, 4.69) is 10.3 Å². The van der Waals surface area contributed by atoms with Crippen molar-refractivity contribution in [2.45, 2.75) is 26.4 Å². The summed E-state index contributed by atoms with van der Waals surface area (Å²) in [6, 6.07) is 15.0. The van der Waals surface area contributed by atoms with Crippen molar-refractivity contribution < 1.29 is 14.3 Å². The molecule has 0 spiro atoms. The Morgan fingerprint density at radius 1 is 1.10 bits per heavy atom. The lowest BCUT2D eigenvalue weighted by Gasteiger charge is -2.23. The van der Waals surface area contributed by atoms with Crippen LogP contribution in [0.5, 0.6) is 11.5 Å². The summed E-state index contributed by atoms with van der Waals surface area (Å²) in [6.07, 6.45) is 6.29. The van der Waals surface area contributed by atoms with Crippen molar-refractivity contribution in [3.05, 3.63) is 72.8 Å². The highest BCUT2D eigenvalue weighted by molar-refractivity contribution is 5.89. The summed E-state index contributed by atoms with van der Waals surface area (Å²) in [5.74, 6) is 1.58. The van der Waals surface area contributed by atoms with Crippen LogP contribution in [-0.2, 0) is 13.1 Å². The number of rotatable bonds is 10. The van der Waals surface area contributed by atoms with E-state index in [0.717, 1.165) is 35.7 Å². The summed E-state index contributed by atoms with van der Waals surface area (Å²) in [7, 11) is 1.62. The molecule has 0 saturated carbocycles. The molecule has 2 aromatic carbocycles. The van der Waals surface area contributed by atoms with Gasteiger partial charge in [-0.2, -0.15) is 0 Å². The normalized spacial score (nSPS) is 10.5. The summed E-state index contributed by atoms with van der Waals surface area (Å²) >= 11 is 0. The lowest BCUT2D eigenvalue weighted by molar-refractivity contribution is 0.207. The lowest BCUT2D eigenvalue weighted by Crippen LogP contribution is -2.35. The van der Waals surface area contributed by atoms with Gasteiger partial charge in [-0.3, -0.25) is 0 Å². The number of nitrogens with zero attached hydrogens (tertiary/aromatic N) is 3. The topological polar surface area (TPSA) is 68.6 Å². The monoisotopic (exact) mass is 408 g/mol. The summed E-state index contributed by atoms with van der Waals surface area (Å²) < 4.78 is 12.7. The van der Waals surface area contributed by atoms with Crippen LogP contribution in [0, 0.1) is 0 Å². The molecule has 0 bridgehead atoms. The first-order chi connectivity index (χ1) is 14.7. The Balaban J connectivity index is 1.65. The van der Waals surface area contributed by atoms with Crippen LogP contribution in [0.15, 0.2) is 67.3 Å². The van der Waals surface area contributed by atoms with E-state index in [1.807, 2.05) is 71.1 Å². The van der Waals surface area contributed by atoms with Gasteiger partial charge in [-0.15, -0.1) is 0 Å². The van der Waals surface area contributed by atoms with Gasteiger partial charge in [0.05, 0.1) is 20.0 Å². The zero-order valence-electron chi connectivity index (χ0n) is 17.5. The quantitative estimate of drug-likeness (QED) is 0.539. The van der Waals surface area contributed by atoms with Gasteiger partial charge < -0.3 is 24.3 Å². The van der Waals surface area contributed by atoms with E-state index in [0.29, 0.717) is 19.7 Å². The fraction of sp³-hybridized carbons (Fsp3) is 0.304. The van der Waals surface area contributed by atoms with Crippen LogP contribution in [0.3, 0.4) is 0 Å². The molecule has 1 N–H and O–H groups in total. The molecule has 0 aliphatic rings. The van der Waals surface area contributed by atoms with Gasteiger partial charge in [-0.05, 0) is 55.3 Å². The minimum absolute atomic E-state index is 0.139. The molecule has 158 valence electrons. The maximum Gasteiger partial charge on any atom is 0.322 e. The Bertz CT molecular complexity index is 893. The van der Waals surface area contributed by atoms with Gasteiger partial charge in [0.2, 0.25) is 0 Å². The average Bonchev–Trinajstić information content (AvgIpc) is 3.28. The van der Waals surface area contributed by atoms with Gasteiger partial charge in [0.15, 0.2) is 0 Å². The van der Waals surface area contributed by atoms with Gasteiger partial charge in [-0.25, -0.2) is 9.78 Å². The maximum atomic E-state index is 13.0. The molecule has 0 aliphatic carbocycles. The fourth-order valence-electron chi connectivity index (χ4n) is 3.07. The fourth-order valence-corrected chi connectivity index (χ4v) is 3.07. The summed E-state index contributed by atoms with van der Waals surface area (Å²) in [5, 5.41) is 2.98. The number of ether oxygens (including phenoxy) is 2. The summed E-state index contributed by atoms with van der Waals surface area (Å²) in [4.78, 5) is 18.9. The highest BCUT2D eigenvalue weighted by atomic mass is 16.5. The Hall–Kier alpha value is -3.48. The van der Waals surface area contributed by atoms with Crippen molar-refractivity contribution in [3.63, 3.8) is 0 Å². The van der Waals surface area contributed by atoms with E-state index in [4.69, 9.17) is 9.47 Å². The number of carbonyl (C=O) groups excluding carboxylic acids is 1. The van der Waals surface area contributed by atoms with E-state index in [1.165, 1.54) is 0 Å². The first-order valence-corrected chi connectivity index (χ1v) is 10.1. The molecule has 30 heavy (non-hydrogen) atoms. The smallest absolute Gasteiger partial charge is 0.322 e. The third-order valence-corrected chi connectivity index (χ3v) is 4.64. The van der Waals surface area contributed by atoms with E-state index in [9.17, 15) is 4.79 Å². The number of methoxy groups -OCH3 is 1. The molecule has 7 nitrogen and oxygen atoms in total. The second-order valence-electron chi connectivity index (χ2n) is 6.81. The van der Waals surface area contributed by atoms with Crippen molar-refractivity contribution in [1.29, 1.82) is 0 Å². The predicted octanol–water partition coefficient (Wildman–Crippen LogP) is 4.41. The zero-order valence-corrected chi connectivity index (χ0v) is 17.5. The number of benzene rings is 2. The van der Waals surface area contributed by atoms with Crippen molar-refractivity contribution in [2.24, 2.45) is 0 Å². The Morgan fingerprint density at radius 3 is 2.47 bits per heavy atom. The average molecular weight is 409 g/mol. The molecule has 3 aromatic rings. The number of amides is 2. The van der Waals surface area contributed by atoms with Crippen LogP contribution in [0.25, 0.3) is 0 Å². The largest absolute Gasteiger partial charge is 0.497 e. The molecule has 0 atom stereocenters. The first kappa shape index (κ1) is 21.2. The minimum Gasteiger partial charge on any atom is -0.497 e. The molecule has 0 aliphatic heterocycles. The van der Waals surface area contributed by atoms with E-state index >= 15 is 0 Å². The minimum atomic E-state index is -0.139. The number of nitrogens with one attached hydrogen (secondary N) is 1. The van der Waals surface area contributed by atoms with Crippen LogP contribution in [0.4, 0.5) is 10.5 Å². The molecule has 3 rings (SSSR count). The molecule has 2 amide bonds. The third-order valence-electron chi connectivity index (χ3n) is 4.64. The van der Waals surface area contributed by atoms with Crippen molar-refractivity contribution in [2.75, 3.05) is 25.6 Å². The molecule has 0 unspecified atom stereocenters. The number of aryl methyl sites for hydroxylation is 1. The predicted molar refractivity (Wildman–Crippen MR) is 117 cm³/mol. The van der Waals surface area contributed by atoms with E-state index in [1.54, 1.807) is 19.6 Å². The van der Waals surface area contributed by atoms with Gasteiger partial charge in [-0.1, -0.05) is 12.1 Å². The van der Waals surface area contributed by atoms with Crippen molar-refractivity contribution in [1.82, 2.24) is 14.5 Å². The number of hydrogen-bond donors (Lipinski definition) is 1. The van der Waals surface area contributed by atoms with E-state index in [-0.39, 0.29) is 6.03 Å².